The molecule has 0 aromatic carbocycles. The number of rotatable bonds is 15. The van der Waals surface area contributed by atoms with Crippen molar-refractivity contribution in [3.05, 3.63) is 0 Å². The van der Waals surface area contributed by atoms with Gasteiger partial charge in [-0.15, -0.1) is 20.2 Å². The molecule has 0 saturated heterocycles. The van der Waals surface area contributed by atoms with Crippen LogP contribution in [0.1, 0.15) is 105 Å². The van der Waals surface area contributed by atoms with E-state index in [-0.39, 0.29) is 0 Å². The van der Waals surface area contributed by atoms with Gasteiger partial charge in [-0.3, -0.25) is 0 Å². The minimum atomic E-state index is 0.827. The van der Waals surface area contributed by atoms with Gasteiger partial charge in [-0.1, -0.05) is 86.0 Å². The summed E-state index contributed by atoms with van der Waals surface area (Å²) in [5.74, 6) is 2.63. The zero-order valence-electron chi connectivity index (χ0n) is 16.9. The summed E-state index contributed by atoms with van der Waals surface area (Å²) in [6.45, 7) is 11.5. The first kappa shape index (κ1) is 26.0. The molecule has 0 aliphatic rings. The summed E-state index contributed by atoms with van der Waals surface area (Å²) in [5, 5.41) is 0. The van der Waals surface area contributed by atoms with Gasteiger partial charge in [0.25, 0.3) is 0 Å². The van der Waals surface area contributed by atoms with Gasteiger partial charge in [-0.2, -0.15) is 0 Å². The summed E-state index contributed by atoms with van der Waals surface area (Å²) in [5.41, 5.74) is 0. The highest BCUT2D eigenvalue weighted by atomic mass is 35.5. The number of hydrogen-bond donors (Lipinski definition) is 0. The molecule has 0 spiro atoms. The Labute approximate surface area is 155 Å². The van der Waals surface area contributed by atoms with Crippen LogP contribution in [0.3, 0.4) is 0 Å². The summed E-state index contributed by atoms with van der Waals surface area (Å²) in [4.78, 5) is 0. The third-order valence-electron chi connectivity index (χ3n) is 4.01. The average Bonchev–Trinajstić information content (AvgIpc) is 2.50. The molecule has 0 aromatic heterocycles. The fourth-order valence-electron chi connectivity index (χ4n) is 2.43. The van der Waals surface area contributed by atoms with Gasteiger partial charge in [-0.25, -0.2) is 0 Å². The zero-order valence-corrected chi connectivity index (χ0v) is 18.7. The van der Waals surface area contributed by atoms with Crippen molar-refractivity contribution in [1.29, 1.82) is 0 Å². The fourth-order valence-corrected chi connectivity index (χ4v) is 3.87. The van der Waals surface area contributed by atoms with E-state index < -0.39 is 0 Å². The minimum Gasteiger partial charge on any atom is -0.127 e. The molecule has 0 aliphatic carbocycles. The number of halogens is 1. The molecule has 0 saturated carbocycles. The van der Waals surface area contributed by atoms with Gasteiger partial charge in [0, 0.05) is 5.88 Å². The molecule has 0 heterocycles. The van der Waals surface area contributed by atoms with Gasteiger partial charge >= 0.3 is 0 Å². The Morgan fingerprint density at radius 2 is 1.13 bits per heavy atom. The molecule has 0 amide bonds. The predicted octanol–water partition coefficient (Wildman–Crippen LogP) is 8.51. The van der Waals surface area contributed by atoms with Crippen molar-refractivity contribution in [3.63, 3.8) is 0 Å². The molecule has 23 heavy (non-hydrogen) atoms. The summed E-state index contributed by atoms with van der Waals surface area (Å²) in [7, 11) is 1.24. The Balaban J connectivity index is 0. The third kappa shape index (κ3) is 31.1. The molecular formula is C21H46ClP. The van der Waals surface area contributed by atoms with Crippen LogP contribution in [-0.2, 0) is 0 Å². The Morgan fingerprint density at radius 1 is 0.652 bits per heavy atom. The Bertz CT molecular complexity index is 172. The van der Waals surface area contributed by atoms with Crippen molar-refractivity contribution in [3.8, 4) is 0 Å². The van der Waals surface area contributed by atoms with Gasteiger partial charge in [0.15, 0.2) is 0 Å². The first-order chi connectivity index (χ1) is 11.0. The van der Waals surface area contributed by atoms with Crippen LogP contribution < -0.4 is 0 Å². The maximum Gasteiger partial charge on any atom is 0.0223 e. The lowest BCUT2D eigenvalue weighted by Gasteiger charge is -2.05. The molecule has 0 unspecified atom stereocenters. The second-order valence-electron chi connectivity index (χ2n) is 7.63. The quantitative estimate of drug-likeness (QED) is 0.155. The first-order valence-corrected chi connectivity index (χ1v) is 12.3. The maximum absolute atomic E-state index is 5.38. The highest BCUT2D eigenvalue weighted by molar-refractivity contribution is 7.37. The zero-order chi connectivity index (χ0) is 17.8. The Kier molecular flexibility index (Phi) is 25.6. The van der Waals surface area contributed by atoms with Crippen LogP contribution in [0.25, 0.3) is 0 Å². The highest BCUT2D eigenvalue weighted by Crippen LogP contribution is 2.18. The smallest absolute Gasteiger partial charge is 0.0223 e. The van der Waals surface area contributed by atoms with E-state index in [1.165, 1.54) is 91.5 Å². The van der Waals surface area contributed by atoms with E-state index in [2.05, 4.69) is 34.6 Å². The second kappa shape index (κ2) is 22.7. The van der Waals surface area contributed by atoms with Gasteiger partial charge in [-0.05, 0) is 43.4 Å². The monoisotopic (exact) mass is 364 g/mol. The first-order valence-electron chi connectivity index (χ1n) is 10.3. The lowest BCUT2D eigenvalue weighted by Crippen LogP contribution is -1.89. The van der Waals surface area contributed by atoms with Crippen LogP contribution in [0.4, 0.5) is 0 Å². The molecule has 0 atom stereocenters. The number of hydrogen-bond acceptors (Lipinski definition) is 0. The van der Waals surface area contributed by atoms with Crippen molar-refractivity contribution in [2.45, 2.75) is 105 Å². The van der Waals surface area contributed by atoms with Crippen LogP contribution in [0.2, 0.25) is 0 Å². The normalized spacial score (nSPS) is 11.0. The third-order valence-corrected chi connectivity index (χ3v) is 5.69. The van der Waals surface area contributed by atoms with Gasteiger partial charge in [0.1, 0.15) is 0 Å². The van der Waals surface area contributed by atoms with E-state index >= 15 is 0 Å². The van der Waals surface area contributed by atoms with E-state index in [0.29, 0.717) is 0 Å². The highest BCUT2D eigenvalue weighted by Gasteiger charge is 1.96. The van der Waals surface area contributed by atoms with E-state index in [1.54, 1.807) is 0 Å². The van der Waals surface area contributed by atoms with Crippen molar-refractivity contribution in [1.82, 2.24) is 0 Å². The Morgan fingerprint density at radius 3 is 1.43 bits per heavy atom. The van der Waals surface area contributed by atoms with E-state index in [9.17, 15) is 0 Å². The fraction of sp³-hybridized carbons (Fsp3) is 1.00. The molecule has 0 bridgehead atoms. The van der Waals surface area contributed by atoms with Crippen molar-refractivity contribution >= 4 is 20.2 Å². The van der Waals surface area contributed by atoms with Crippen molar-refractivity contribution in [2.24, 2.45) is 11.8 Å². The SMILES string of the molecule is CC(C)CCCCCPCCCCCC(C)C.CCCCCCl. The number of unbranched alkanes of at least 4 members (excludes halogenated alkanes) is 6. The van der Waals surface area contributed by atoms with Crippen LogP contribution in [0.15, 0.2) is 0 Å². The molecule has 0 N–H and O–H groups in total. The largest absolute Gasteiger partial charge is 0.127 e. The molecule has 2 heteroatoms. The van der Waals surface area contributed by atoms with E-state index in [4.69, 9.17) is 11.6 Å². The lowest BCUT2D eigenvalue weighted by molar-refractivity contribution is 0.534. The van der Waals surface area contributed by atoms with Crippen molar-refractivity contribution < 1.29 is 0 Å². The maximum atomic E-state index is 5.38. The predicted molar refractivity (Wildman–Crippen MR) is 115 cm³/mol. The standard InChI is InChI=1S/C16H35P.C5H11Cl/c1-15(2)11-7-5-9-13-17-14-10-6-8-12-16(3)4;1-2-3-4-5-6/h15-17H,5-14H2,1-4H3;2-5H2,1H3. The van der Waals surface area contributed by atoms with Gasteiger partial charge in [0.2, 0.25) is 0 Å². The molecule has 0 rings (SSSR count). The van der Waals surface area contributed by atoms with Crippen LogP contribution in [-0.4, -0.2) is 18.2 Å². The minimum absolute atomic E-state index is 0.827. The van der Waals surface area contributed by atoms with E-state index in [1.807, 2.05) is 0 Å². The molecule has 0 radical (unpaired) electrons. The van der Waals surface area contributed by atoms with Crippen LogP contribution in [0.5, 0.6) is 0 Å². The summed E-state index contributed by atoms with van der Waals surface area (Å²) in [6, 6.07) is 0. The topological polar surface area (TPSA) is 0 Å². The molecule has 142 valence electrons. The second-order valence-corrected chi connectivity index (χ2v) is 9.51. The molecular weight excluding hydrogens is 319 g/mol. The van der Waals surface area contributed by atoms with Crippen LogP contribution >= 0.6 is 20.2 Å². The summed E-state index contributed by atoms with van der Waals surface area (Å²) in [6.07, 6.45) is 18.4. The molecule has 0 nitrogen and oxygen atoms in total. The van der Waals surface area contributed by atoms with E-state index in [0.717, 1.165) is 17.7 Å². The Hall–Kier alpha value is 0.720. The van der Waals surface area contributed by atoms with Crippen molar-refractivity contribution in [2.75, 3.05) is 18.2 Å². The summed E-state index contributed by atoms with van der Waals surface area (Å²) < 4.78 is 0. The summed E-state index contributed by atoms with van der Waals surface area (Å²) >= 11 is 5.38. The van der Waals surface area contributed by atoms with Gasteiger partial charge < -0.3 is 0 Å². The molecule has 0 fully saturated rings. The lowest BCUT2D eigenvalue weighted by atomic mass is 10.1. The number of alkyl halides is 1. The molecule has 0 aliphatic heterocycles. The van der Waals surface area contributed by atoms with Gasteiger partial charge in [0.05, 0.1) is 0 Å². The van der Waals surface area contributed by atoms with Crippen LogP contribution in [0, 0.1) is 11.8 Å². The average molecular weight is 365 g/mol. The molecule has 0 aromatic rings.